The molecule has 0 aliphatic carbocycles. The van der Waals surface area contributed by atoms with Crippen molar-refractivity contribution in [3.05, 3.63) is 64.7 Å². The molecule has 6 heteroatoms. The molecule has 0 saturated carbocycles. The van der Waals surface area contributed by atoms with Gasteiger partial charge in [-0.05, 0) is 66.6 Å². The third-order valence-corrected chi connectivity index (χ3v) is 6.36. The standard InChI is InChI=1S/C24H25N3O3/c1-30-19-8-3-14(4-9-19)20-10-16-6-7-17(26-16)12-22(20)24(29)27-18-5-2-15-13-25-23(28)21(15)11-18/h2-5,8-9,11,16-17,26H,6-7,10,12-13H2,1H3,(H,25,28)(H,27,29). The normalized spacial score (nSPS) is 22.4. The van der Waals surface area contributed by atoms with Crippen LogP contribution in [0.25, 0.3) is 5.57 Å². The van der Waals surface area contributed by atoms with E-state index >= 15 is 0 Å². The summed E-state index contributed by atoms with van der Waals surface area (Å²) in [7, 11) is 1.65. The lowest BCUT2D eigenvalue weighted by molar-refractivity contribution is -0.113. The second-order valence-corrected chi connectivity index (χ2v) is 8.24. The Balaban J connectivity index is 1.48. The van der Waals surface area contributed by atoms with Gasteiger partial charge < -0.3 is 20.7 Å². The zero-order valence-electron chi connectivity index (χ0n) is 17.0. The smallest absolute Gasteiger partial charge is 0.251 e. The number of anilines is 1. The number of carbonyl (C=O) groups excluding carboxylic acids is 2. The first-order valence-corrected chi connectivity index (χ1v) is 10.5. The summed E-state index contributed by atoms with van der Waals surface area (Å²) in [6.45, 7) is 0.546. The molecule has 2 amide bonds. The SMILES string of the molecule is COc1ccc(C2=C(C(=O)Nc3ccc4c(c3)C(=O)NC4)CC3CCC(C2)N3)cc1. The number of hydrogen-bond donors (Lipinski definition) is 3. The summed E-state index contributed by atoms with van der Waals surface area (Å²) in [5.41, 5.74) is 5.23. The molecule has 2 atom stereocenters. The Kier molecular flexibility index (Phi) is 4.79. The highest BCUT2D eigenvalue weighted by molar-refractivity contribution is 6.10. The minimum Gasteiger partial charge on any atom is -0.497 e. The summed E-state index contributed by atoms with van der Waals surface area (Å²) in [5, 5.41) is 9.52. The van der Waals surface area contributed by atoms with E-state index < -0.39 is 0 Å². The lowest BCUT2D eigenvalue weighted by atomic mass is 9.88. The molecule has 5 rings (SSSR count). The van der Waals surface area contributed by atoms with Crippen LogP contribution in [0.3, 0.4) is 0 Å². The number of methoxy groups -OCH3 is 1. The number of amides is 2. The van der Waals surface area contributed by atoms with Crippen molar-refractivity contribution < 1.29 is 14.3 Å². The Morgan fingerprint density at radius 3 is 2.60 bits per heavy atom. The lowest BCUT2D eigenvalue weighted by Crippen LogP contribution is -2.28. The number of fused-ring (bicyclic) bond motifs is 3. The van der Waals surface area contributed by atoms with Crippen LogP contribution in [-0.4, -0.2) is 31.0 Å². The topological polar surface area (TPSA) is 79.5 Å². The first-order chi connectivity index (χ1) is 14.6. The monoisotopic (exact) mass is 403 g/mol. The maximum absolute atomic E-state index is 13.4. The van der Waals surface area contributed by atoms with Crippen LogP contribution >= 0.6 is 0 Å². The van der Waals surface area contributed by atoms with Crippen molar-refractivity contribution >= 4 is 23.1 Å². The van der Waals surface area contributed by atoms with Gasteiger partial charge in [0.15, 0.2) is 0 Å². The quantitative estimate of drug-likeness (QED) is 0.732. The Bertz CT molecular complexity index is 1040. The zero-order chi connectivity index (χ0) is 20.7. The third-order valence-electron chi connectivity index (χ3n) is 6.36. The van der Waals surface area contributed by atoms with E-state index in [9.17, 15) is 9.59 Å². The van der Waals surface area contributed by atoms with Crippen molar-refractivity contribution in [2.45, 2.75) is 44.3 Å². The van der Waals surface area contributed by atoms with Crippen molar-refractivity contribution in [1.29, 1.82) is 0 Å². The molecule has 154 valence electrons. The van der Waals surface area contributed by atoms with Gasteiger partial charge in [0.25, 0.3) is 11.8 Å². The van der Waals surface area contributed by atoms with E-state index in [0.717, 1.165) is 47.3 Å². The molecule has 2 unspecified atom stereocenters. The van der Waals surface area contributed by atoms with Gasteiger partial charge in [0.2, 0.25) is 0 Å². The molecule has 0 aromatic heterocycles. The summed E-state index contributed by atoms with van der Waals surface area (Å²) in [5.74, 6) is 0.624. The summed E-state index contributed by atoms with van der Waals surface area (Å²) >= 11 is 0. The largest absolute Gasteiger partial charge is 0.497 e. The van der Waals surface area contributed by atoms with E-state index in [2.05, 4.69) is 16.0 Å². The van der Waals surface area contributed by atoms with Crippen molar-refractivity contribution in [2.24, 2.45) is 0 Å². The van der Waals surface area contributed by atoms with Crippen LogP contribution in [0.1, 0.15) is 47.2 Å². The average molecular weight is 403 g/mol. The van der Waals surface area contributed by atoms with Gasteiger partial charge in [-0.3, -0.25) is 9.59 Å². The minimum absolute atomic E-state index is 0.0878. The maximum atomic E-state index is 13.4. The van der Waals surface area contributed by atoms with Crippen molar-refractivity contribution in [2.75, 3.05) is 12.4 Å². The molecule has 2 aromatic rings. The van der Waals surface area contributed by atoms with E-state index in [1.54, 1.807) is 13.2 Å². The van der Waals surface area contributed by atoms with Gasteiger partial charge in [0, 0.05) is 35.5 Å². The fourth-order valence-electron chi connectivity index (χ4n) is 4.77. The molecule has 3 N–H and O–H groups in total. The van der Waals surface area contributed by atoms with Gasteiger partial charge >= 0.3 is 0 Å². The molecule has 3 aliphatic heterocycles. The van der Waals surface area contributed by atoms with Gasteiger partial charge in [-0.25, -0.2) is 0 Å². The fraction of sp³-hybridized carbons (Fsp3) is 0.333. The molecule has 3 aliphatic rings. The Hall–Kier alpha value is -3.12. The van der Waals surface area contributed by atoms with E-state index in [-0.39, 0.29) is 11.8 Å². The van der Waals surface area contributed by atoms with Gasteiger partial charge in [-0.2, -0.15) is 0 Å². The molecule has 2 aromatic carbocycles. The van der Waals surface area contributed by atoms with Crippen LogP contribution in [-0.2, 0) is 11.3 Å². The summed E-state index contributed by atoms with van der Waals surface area (Å²) in [6.07, 6.45) is 3.77. The van der Waals surface area contributed by atoms with Crippen molar-refractivity contribution in [3.8, 4) is 5.75 Å². The number of ether oxygens (including phenoxy) is 1. The van der Waals surface area contributed by atoms with Crippen molar-refractivity contribution in [3.63, 3.8) is 0 Å². The van der Waals surface area contributed by atoms with Gasteiger partial charge in [-0.15, -0.1) is 0 Å². The molecule has 30 heavy (non-hydrogen) atoms. The third kappa shape index (κ3) is 3.48. The van der Waals surface area contributed by atoms with Crippen molar-refractivity contribution in [1.82, 2.24) is 10.6 Å². The molecule has 0 spiro atoms. The average Bonchev–Trinajstić information content (AvgIpc) is 3.30. The van der Waals surface area contributed by atoms with Crippen LogP contribution in [0.5, 0.6) is 5.75 Å². The summed E-state index contributed by atoms with van der Waals surface area (Å²) in [6, 6.07) is 14.2. The van der Waals surface area contributed by atoms with Crippen LogP contribution < -0.4 is 20.7 Å². The molecule has 6 nitrogen and oxygen atoms in total. The van der Waals surface area contributed by atoms with Crippen LogP contribution in [0.4, 0.5) is 5.69 Å². The highest BCUT2D eigenvalue weighted by atomic mass is 16.5. The zero-order valence-corrected chi connectivity index (χ0v) is 17.0. The molecule has 2 bridgehead atoms. The highest BCUT2D eigenvalue weighted by Gasteiger charge is 2.33. The summed E-state index contributed by atoms with van der Waals surface area (Å²) in [4.78, 5) is 25.3. The molecular weight excluding hydrogens is 378 g/mol. The van der Waals surface area contributed by atoms with Gasteiger partial charge in [0.1, 0.15) is 5.75 Å². The lowest BCUT2D eigenvalue weighted by Gasteiger charge is -2.18. The summed E-state index contributed by atoms with van der Waals surface area (Å²) < 4.78 is 5.29. The van der Waals surface area contributed by atoms with Crippen LogP contribution in [0, 0.1) is 0 Å². The molecule has 1 saturated heterocycles. The number of rotatable bonds is 4. The van der Waals surface area contributed by atoms with Crippen LogP contribution in [0.2, 0.25) is 0 Å². The first-order valence-electron chi connectivity index (χ1n) is 10.5. The van der Waals surface area contributed by atoms with E-state index in [1.165, 1.54) is 0 Å². The Morgan fingerprint density at radius 2 is 1.83 bits per heavy atom. The molecular formula is C24H25N3O3. The number of benzene rings is 2. The van der Waals surface area contributed by atoms with Gasteiger partial charge in [0.05, 0.1) is 7.11 Å². The number of carbonyl (C=O) groups is 2. The van der Waals surface area contributed by atoms with E-state index in [4.69, 9.17) is 4.74 Å². The second-order valence-electron chi connectivity index (χ2n) is 8.24. The fourth-order valence-corrected chi connectivity index (χ4v) is 4.77. The first kappa shape index (κ1) is 18.9. The van der Waals surface area contributed by atoms with Crippen LogP contribution in [0.15, 0.2) is 48.0 Å². The Morgan fingerprint density at radius 1 is 1.07 bits per heavy atom. The molecule has 0 radical (unpaired) electrons. The number of nitrogens with one attached hydrogen (secondary N) is 3. The molecule has 1 fully saturated rings. The second kappa shape index (κ2) is 7.61. The van der Waals surface area contributed by atoms with E-state index in [0.29, 0.717) is 36.3 Å². The van der Waals surface area contributed by atoms with Gasteiger partial charge in [-0.1, -0.05) is 18.2 Å². The number of hydrogen-bond acceptors (Lipinski definition) is 4. The predicted molar refractivity (Wildman–Crippen MR) is 115 cm³/mol. The predicted octanol–water partition coefficient (Wildman–Crippen LogP) is 3.25. The minimum atomic E-state index is -0.0893. The highest BCUT2D eigenvalue weighted by Crippen LogP contribution is 2.36. The van der Waals surface area contributed by atoms with E-state index in [1.807, 2.05) is 36.4 Å². The molecule has 3 heterocycles. The maximum Gasteiger partial charge on any atom is 0.251 e. The Labute approximate surface area is 175 Å².